The summed E-state index contributed by atoms with van der Waals surface area (Å²) in [4.78, 5) is 30.8. The zero-order chi connectivity index (χ0) is 17.8. The van der Waals surface area contributed by atoms with Crippen molar-refractivity contribution in [3.05, 3.63) is 45.6 Å². The van der Waals surface area contributed by atoms with E-state index in [1.807, 2.05) is 17.5 Å². The Bertz CT molecular complexity index is 769. The van der Waals surface area contributed by atoms with Gasteiger partial charge in [0.25, 0.3) is 11.5 Å². The van der Waals surface area contributed by atoms with Crippen LogP contribution in [0.1, 0.15) is 37.0 Å². The van der Waals surface area contributed by atoms with Gasteiger partial charge in [-0.05, 0) is 55.8 Å². The monoisotopic (exact) mass is 359 g/mol. The molecule has 2 aromatic rings. The molecular weight excluding hydrogens is 334 g/mol. The molecule has 0 aliphatic carbocycles. The lowest BCUT2D eigenvalue weighted by atomic mass is 9.99. The molecule has 2 N–H and O–H groups in total. The molecule has 134 valence electrons. The highest BCUT2D eigenvalue weighted by atomic mass is 32.1. The molecule has 0 aromatic carbocycles. The van der Waals surface area contributed by atoms with Gasteiger partial charge in [-0.3, -0.25) is 14.5 Å². The third-order valence-electron chi connectivity index (χ3n) is 4.81. The summed E-state index contributed by atoms with van der Waals surface area (Å²) in [5.41, 5.74) is 0.564. The van der Waals surface area contributed by atoms with Crippen LogP contribution in [0.25, 0.3) is 10.6 Å². The molecule has 1 saturated heterocycles. The maximum absolute atomic E-state index is 12.4. The summed E-state index contributed by atoms with van der Waals surface area (Å²) in [5, 5.41) is 4.86. The lowest BCUT2D eigenvalue weighted by Gasteiger charge is -2.35. The van der Waals surface area contributed by atoms with Gasteiger partial charge in [0, 0.05) is 19.1 Å². The highest BCUT2D eigenvalue weighted by Crippen LogP contribution is 2.21. The fourth-order valence-electron chi connectivity index (χ4n) is 3.32. The molecular formula is C19H25N3O2S. The Morgan fingerprint density at radius 3 is 2.96 bits per heavy atom. The Morgan fingerprint density at radius 1 is 1.44 bits per heavy atom. The average molecular weight is 359 g/mol. The third-order valence-corrected chi connectivity index (χ3v) is 5.71. The van der Waals surface area contributed by atoms with E-state index >= 15 is 0 Å². The second kappa shape index (κ2) is 7.97. The van der Waals surface area contributed by atoms with E-state index < -0.39 is 0 Å². The van der Waals surface area contributed by atoms with E-state index in [4.69, 9.17) is 0 Å². The molecule has 0 radical (unpaired) electrons. The molecule has 0 spiro atoms. The van der Waals surface area contributed by atoms with Crippen molar-refractivity contribution < 1.29 is 4.79 Å². The van der Waals surface area contributed by atoms with Gasteiger partial charge in [-0.1, -0.05) is 13.0 Å². The highest BCUT2D eigenvalue weighted by Gasteiger charge is 2.21. The average Bonchev–Trinajstić information content (AvgIpc) is 3.14. The molecule has 0 saturated carbocycles. The Labute approximate surface area is 152 Å². The second-order valence-corrected chi connectivity index (χ2v) is 7.84. The van der Waals surface area contributed by atoms with Crippen molar-refractivity contribution in [3.8, 4) is 10.6 Å². The number of rotatable bonds is 5. The number of likely N-dealkylation sites (tertiary alicyclic amines) is 1. The molecule has 2 aromatic heterocycles. The Kier molecular flexibility index (Phi) is 5.71. The molecule has 1 fully saturated rings. The van der Waals surface area contributed by atoms with E-state index in [0.717, 1.165) is 23.7 Å². The minimum Gasteiger partial charge on any atom is -0.350 e. The predicted molar refractivity (Wildman–Crippen MR) is 102 cm³/mol. The van der Waals surface area contributed by atoms with E-state index in [0.29, 0.717) is 12.5 Å². The topological polar surface area (TPSA) is 65.2 Å². The van der Waals surface area contributed by atoms with Crippen molar-refractivity contribution in [2.75, 3.05) is 19.6 Å². The van der Waals surface area contributed by atoms with Crippen molar-refractivity contribution in [1.29, 1.82) is 0 Å². The normalized spacial score (nSPS) is 19.5. The molecule has 1 aliphatic rings. The van der Waals surface area contributed by atoms with Gasteiger partial charge in [0.15, 0.2) is 0 Å². The van der Waals surface area contributed by atoms with E-state index in [1.54, 1.807) is 23.5 Å². The Morgan fingerprint density at radius 2 is 2.28 bits per heavy atom. The number of H-pyrrole nitrogens is 1. The minimum atomic E-state index is -0.345. The van der Waals surface area contributed by atoms with Gasteiger partial charge >= 0.3 is 0 Å². The van der Waals surface area contributed by atoms with Gasteiger partial charge in [0.05, 0.1) is 10.6 Å². The summed E-state index contributed by atoms with van der Waals surface area (Å²) in [6.45, 7) is 7.11. The summed E-state index contributed by atoms with van der Waals surface area (Å²) >= 11 is 1.55. The molecule has 2 atom stereocenters. The number of amides is 1. The summed E-state index contributed by atoms with van der Waals surface area (Å²) in [5.74, 6) is 0.399. The maximum Gasteiger partial charge on any atom is 0.261 e. The minimum absolute atomic E-state index is 0.166. The lowest BCUT2D eigenvalue weighted by Crippen LogP contribution is -2.46. The van der Waals surface area contributed by atoms with E-state index in [1.165, 1.54) is 12.8 Å². The predicted octanol–water partition coefficient (Wildman–Crippen LogP) is 2.95. The van der Waals surface area contributed by atoms with E-state index in [2.05, 4.69) is 29.0 Å². The van der Waals surface area contributed by atoms with Crippen molar-refractivity contribution in [2.24, 2.45) is 5.92 Å². The van der Waals surface area contributed by atoms with Crippen LogP contribution in [0.3, 0.4) is 0 Å². The first-order valence-corrected chi connectivity index (χ1v) is 9.72. The van der Waals surface area contributed by atoms with Crippen LogP contribution >= 0.6 is 11.3 Å². The highest BCUT2D eigenvalue weighted by molar-refractivity contribution is 7.13. The first-order valence-electron chi connectivity index (χ1n) is 8.84. The van der Waals surface area contributed by atoms with Crippen LogP contribution < -0.4 is 10.9 Å². The number of piperidine rings is 1. The number of nitrogens with zero attached hydrogens (tertiary/aromatic N) is 1. The molecule has 0 bridgehead atoms. The molecule has 1 aliphatic heterocycles. The summed E-state index contributed by atoms with van der Waals surface area (Å²) in [7, 11) is 0. The fourth-order valence-corrected chi connectivity index (χ4v) is 4.03. The number of carbonyl (C=O) groups excluding carboxylic acids is 1. The van der Waals surface area contributed by atoms with E-state index in [-0.39, 0.29) is 23.1 Å². The number of nitrogens with one attached hydrogen (secondary N) is 2. The van der Waals surface area contributed by atoms with Crippen molar-refractivity contribution >= 4 is 17.2 Å². The van der Waals surface area contributed by atoms with Gasteiger partial charge in [-0.2, -0.15) is 0 Å². The van der Waals surface area contributed by atoms with Crippen LogP contribution in [0.4, 0.5) is 0 Å². The number of hydrogen-bond donors (Lipinski definition) is 2. The number of thiophene rings is 1. The maximum atomic E-state index is 12.4. The quantitative estimate of drug-likeness (QED) is 0.863. The van der Waals surface area contributed by atoms with Gasteiger partial charge in [0.1, 0.15) is 5.56 Å². The van der Waals surface area contributed by atoms with Crippen LogP contribution in [0.2, 0.25) is 0 Å². The molecule has 3 heterocycles. The van der Waals surface area contributed by atoms with Crippen molar-refractivity contribution in [3.63, 3.8) is 0 Å². The standard InChI is InChI=1S/C19H25N3O2S/c1-13-5-3-9-22(12-13)14(2)11-20-18(23)15-7-8-16(21-19(15)24)17-6-4-10-25-17/h4,6-8,10,13-14H,3,5,9,11-12H2,1-2H3,(H,20,23)(H,21,24). The number of carbonyl (C=O) groups is 1. The van der Waals surface area contributed by atoms with Crippen molar-refractivity contribution in [1.82, 2.24) is 15.2 Å². The lowest BCUT2D eigenvalue weighted by molar-refractivity contribution is 0.0916. The summed E-state index contributed by atoms with van der Waals surface area (Å²) in [6, 6.07) is 7.55. The third kappa shape index (κ3) is 4.38. The number of aromatic nitrogens is 1. The second-order valence-electron chi connectivity index (χ2n) is 6.89. The van der Waals surface area contributed by atoms with Gasteiger partial charge in [0.2, 0.25) is 0 Å². The van der Waals surface area contributed by atoms with Crippen molar-refractivity contribution in [2.45, 2.75) is 32.7 Å². The van der Waals surface area contributed by atoms with Crippen LogP contribution in [0.5, 0.6) is 0 Å². The van der Waals surface area contributed by atoms with E-state index in [9.17, 15) is 9.59 Å². The fraction of sp³-hybridized carbons (Fsp3) is 0.474. The molecule has 2 unspecified atom stereocenters. The number of hydrogen-bond acceptors (Lipinski definition) is 4. The van der Waals surface area contributed by atoms with Crippen LogP contribution in [0, 0.1) is 5.92 Å². The first kappa shape index (κ1) is 17.9. The SMILES string of the molecule is CC1CCCN(C(C)CNC(=O)c2ccc(-c3cccs3)[nH]c2=O)C1. The molecule has 3 rings (SSSR count). The largest absolute Gasteiger partial charge is 0.350 e. The van der Waals surface area contributed by atoms with Gasteiger partial charge in [-0.15, -0.1) is 11.3 Å². The van der Waals surface area contributed by atoms with Crippen LogP contribution in [-0.4, -0.2) is 41.5 Å². The molecule has 5 nitrogen and oxygen atoms in total. The number of aromatic amines is 1. The van der Waals surface area contributed by atoms with Crippen LogP contribution in [0.15, 0.2) is 34.4 Å². The zero-order valence-corrected chi connectivity index (χ0v) is 15.6. The van der Waals surface area contributed by atoms with Crippen LogP contribution in [-0.2, 0) is 0 Å². The first-order chi connectivity index (χ1) is 12.0. The molecule has 25 heavy (non-hydrogen) atoms. The number of pyridine rings is 1. The Hall–Kier alpha value is -1.92. The Balaban J connectivity index is 1.60. The molecule has 1 amide bonds. The summed E-state index contributed by atoms with van der Waals surface area (Å²) in [6.07, 6.45) is 2.49. The van der Waals surface area contributed by atoms with Gasteiger partial charge in [-0.25, -0.2) is 0 Å². The smallest absolute Gasteiger partial charge is 0.261 e. The van der Waals surface area contributed by atoms with Gasteiger partial charge < -0.3 is 10.3 Å². The molecule has 6 heteroatoms. The summed E-state index contributed by atoms with van der Waals surface area (Å²) < 4.78 is 0. The zero-order valence-electron chi connectivity index (χ0n) is 14.7.